The van der Waals surface area contributed by atoms with Crippen molar-refractivity contribution in [3.8, 4) is 11.5 Å². The van der Waals surface area contributed by atoms with Gasteiger partial charge in [0, 0.05) is 6.20 Å². The molecular formula is C11H13N3O2. The van der Waals surface area contributed by atoms with E-state index in [2.05, 4.69) is 15.1 Å². The lowest BCUT2D eigenvalue weighted by Crippen LogP contribution is -2.04. The molecule has 0 radical (unpaired) electrons. The van der Waals surface area contributed by atoms with E-state index < -0.39 is 6.10 Å². The number of aliphatic hydroxyl groups excluding tert-OH is 1. The molecule has 2 aromatic heterocycles. The van der Waals surface area contributed by atoms with Crippen LogP contribution in [0.2, 0.25) is 0 Å². The summed E-state index contributed by atoms with van der Waals surface area (Å²) in [6.07, 6.45) is 1.58. The average Bonchev–Trinajstić information content (AvgIpc) is 2.65. The van der Waals surface area contributed by atoms with Crippen LogP contribution in [0.4, 0.5) is 0 Å². The van der Waals surface area contributed by atoms with Crippen molar-refractivity contribution in [3.63, 3.8) is 0 Å². The Morgan fingerprint density at radius 3 is 3.00 bits per heavy atom. The van der Waals surface area contributed by atoms with Crippen LogP contribution in [0, 0.1) is 6.92 Å². The van der Waals surface area contributed by atoms with Gasteiger partial charge in [0.1, 0.15) is 5.69 Å². The molecule has 1 atom stereocenters. The van der Waals surface area contributed by atoms with Gasteiger partial charge >= 0.3 is 0 Å². The van der Waals surface area contributed by atoms with Crippen molar-refractivity contribution < 1.29 is 9.63 Å². The third kappa shape index (κ3) is 2.43. The summed E-state index contributed by atoms with van der Waals surface area (Å²) in [5, 5.41) is 13.0. The van der Waals surface area contributed by atoms with E-state index in [1.165, 1.54) is 0 Å². The number of pyridine rings is 1. The Kier molecular flexibility index (Phi) is 2.96. The highest BCUT2D eigenvalue weighted by Gasteiger charge is 2.11. The minimum atomic E-state index is -0.487. The summed E-state index contributed by atoms with van der Waals surface area (Å²) in [5.74, 6) is 0.882. The molecule has 0 amide bonds. The Balaban J connectivity index is 2.24. The van der Waals surface area contributed by atoms with Crippen molar-refractivity contribution in [2.24, 2.45) is 0 Å². The van der Waals surface area contributed by atoms with Gasteiger partial charge in [-0.1, -0.05) is 5.16 Å². The second-order valence-electron chi connectivity index (χ2n) is 3.78. The van der Waals surface area contributed by atoms with Gasteiger partial charge in [0.25, 0.3) is 0 Å². The Labute approximate surface area is 93.1 Å². The lowest BCUT2D eigenvalue weighted by atomic mass is 10.2. The molecule has 0 aliphatic carbocycles. The van der Waals surface area contributed by atoms with Crippen LogP contribution >= 0.6 is 0 Å². The number of aryl methyl sites for hydroxylation is 1. The molecule has 84 valence electrons. The molecule has 1 N–H and O–H groups in total. The van der Waals surface area contributed by atoms with Gasteiger partial charge in [-0.25, -0.2) is 0 Å². The normalized spacial score (nSPS) is 12.7. The largest absolute Gasteiger partial charge is 0.393 e. The van der Waals surface area contributed by atoms with Crippen molar-refractivity contribution in [2.45, 2.75) is 26.4 Å². The maximum Gasteiger partial charge on any atom is 0.229 e. The minimum Gasteiger partial charge on any atom is -0.393 e. The average molecular weight is 219 g/mol. The Morgan fingerprint density at radius 2 is 2.31 bits per heavy atom. The summed E-state index contributed by atoms with van der Waals surface area (Å²) >= 11 is 0. The molecule has 0 saturated carbocycles. The SMILES string of the molecule is Cc1ccnc(-c2noc(CC(C)O)n2)c1. The fourth-order valence-corrected chi connectivity index (χ4v) is 1.35. The summed E-state index contributed by atoms with van der Waals surface area (Å²) in [6.45, 7) is 3.65. The molecule has 0 aliphatic heterocycles. The van der Waals surface area contributed by atoms with E-state index in [9.17, 15) is 5.11 Å². The number of aromatic nitrogens is 3. The summed E-state index contributed by atoms with van der Waals surface area (Å²) < 4.78 is 5.01. The number of nitrogens with zero attached hydrogens (tertiary/aromatic N) is 3. The zero-order valence-corrected chi connectivity index (χ0v) is 9.21. The molecule has 0 aliphatic rings. The summed E-state index contributed by atoms with van der Waals surface area (Å²) in [6, 6.07) is 3.79. The fourth-order valence-electron chi connectivity index (χ4n) is 1.35. The van der Waals surface area contributed by atoms with E-state index in [1.54, 1.807) is 13.1 Å². The molecular weight excluding hydrogens is 206 g/mol. The smallest absolute Gasteiger partial charge is 0.229 e. The Hall–Kier alpha value is -1.75. The third-order valence-electron chi connectivity index (χ3n) is 2.08. The highest BCUT2D eigenvalue weighted by atomic mass is 16.5. The van der Waals surface area contributed by atoms with E-state index in [-0.39, 0.29) is 0 Å². The van der Waals surface area contributed by atoms with Crippen molar-refractivity contribution in [1.82, 2.24) is 15.1 Å². The number of rotatable bonds is 3. The van der Waals surface area contributed by atoms with Gasteiger partial charge in [0.2, 0.25) is 11.7 Å². The van der Waals surface area contributed by atoms with Gasteiger partial charge in [0.05, 0.1) is 12.5 Å². The molecule has 2 aromatic rings. The Bertz CT molecular complexity index is 480. The molecule has 0 aromatic carbocycles. The lowest BCUT2D eigenvalue weighted by Gasteiger charge is -1.96. The molecule has 0 bridgehead atoms. The van der Waals surface area contributed by atoms with Gasteiger partial charge in [-0.05, 0) is 31.5 Å². The van der Waals surface area contributed by atoms with Gasteiger partial charge in [-0.2, -0.15) is 4.98 Å². The second-order valence-corrected chi connectivity index (χ2v) is 3.78. The summed E-state index contributed by atoms with van der Waals surface area (Å²) in [4.78, 5) is 8.32. The molecule has 2 rings (SSSR count). The van der Waals surface area contributed by atoms with Crippen LogP contribution in [0.3, 0.4) is 0 Å². The Morgan fingerprint density at radius 1 is 1.50 bits per heavy atom. The first-order chi connectivity index (χ1) is 7.65. The lowest BCUT2D eigenvalue weighted by molar-refractivity contribution is 0.181. The number of aliphatic hydroxyl groups is 1. The van der Waals surface area contributed by atoms with Crippen molar-refractivity contribution in [1.29, 1.82) is 0 Å². The molecule has 5 heteroatoms. The van der Waals surface area contributed by atoms with Crippen LogP contribution in [0.5, 0.6) is 0 Å². The quantitative estimate of drug-likeness (QED) is 0.843. The van der Waals surface area contributed by atoms with Crippen molar-refractivity contribution in [2.75, 3.05) is 0 Å². The molecule has 1 unspecified atom stereocenters. The standard InChI is InChI=1S/C11H13N3O2/c1-7-3-4-12-9(5-7)11-13-10(16-14-11)6-8(2)15/h3-5,8,15H,6H2,1-2H3. The first kappa shape index (κ1) is 10.8. The zero-order valence-electron chi connectivity index (χ0n) is 9.21. The van der Waals surface area contributed by atoms with Crippen LogP contribution in [-0.4, -0.2) is 26.3 Å². The molecule has 0 spiro atoms. The van der Waals surface area contributed by atoms with E-state index in [0.29, 0.717) is 23.8 Å². The summed E-state index contributed by atoms with van der Waals surface area (Å²) in [5.41, 5.74) is 1.77. The number of hydrogen-bond acceptors (Lipinski definition) is 5. The second kappa shape index (κ2) is 4.40. The van der Waals surface area contributed by atoms with Crippen LogP contribution in [0.1, 0.15) is 18.4 Å². The van der Waals surface area contributed by atoms with E-state index >= 15 is 0 Å². The van der Waals surface area contributed by atoms with Crippen LogP contribution in [-0.2, 0) is 6.42 Å². The van der Waals surface area contributed by atoms with Gasteiger partial charge in [-0.3, -0.25) is 4.98 Å². The van der Waals surface area contributed by atoms with E-state index in [4.69, 9.17) is 4.52 Å². The first-order valence-electron chi connectivity index (χ1n) is 5.09. The summed E-state index contributed by atoms with van der Waals surface area (Å²) in [7, 11) is 0. The topological polar surface area (TPSA) is 72.0 Å². The molecule has 5 nitrogen and oxygen atoms in total. The van der Waals surface area contributed by atoms with E-state index in [0.717, 1.165) is 5.56 Å². The molecule has 0 saturated heterocycles. The number of hydrogen-bond donors (Lipinski definition) is 1. The highest BCUT2D eigenvalue weighted by Crippen LogP contribution is 2.14. The fraction of sp³-hybridized carbons (Fsp3) is 0.364. The molecule has 0 fully saturated rings. The van der Waals surface area contributed by atoms with Crippen LogP contribution in [0.25, 0.3) is 11.5 Å². The monoisotopic (exact) mass is 219 g/mol. The third-order valence-corrected chi connectivity index (χ3v) is 2.08. The van der Waals surface area contributed by atoms with Gasteiger partial charge in [-0.15, -0.1) is 0 Å². The maximum atomic E-state index is 9.19. The molecule has 2 heterocycles. The van der Waals surface area contributed by atoms with Gasteiger partial charge in [0.15, 0.2) is 0 Å². The minimum absolute atomic E-state index is 0.360. The van der Waals surface area contributed by atoms with Crippen molar-refractivity contribution >= 4 is 0 Å². The van der Waals surface area contributed by atoms with Crippen molar-refractivity contribution in [3.05, 3.63) is 29.8 Å². The highest BCUT2D eigenvalue weighted by molar-refractivity contribution is 5.48. The molecule has 16 heavy (non-hydrogen) atoms. The predicted octanol–water partition coefficient (Wildman–Crippen LogP) is 1.36. The van der Waals surface area contributed by atoms with Crippen LogP contribution in [0.15, 0.2) is 22.9 Å². The van der Waals surface area contributed by atoms with E-state index in [1.807, 2.05) is 19.1 Å². The maximum absolute atomic E-state index is 9.19. The van der Waals surface area contributed by atoms with Gasteiger partial charge < -0.3 is 9.63 Å². The predicted molar refractivity (Wildman–Crippen MR) is 57.7 cm³/mol. The zero-order chi connectivity index (χ0) is 11.5. The van der Waals surface area contributed by atoms with Crippen LogP contribution < -0.4 is 0 Å². The first-order valence-corrected chi connectivity index (χ1v) is 5.09.